The van der Waals surface area contributed by atoms with E-state index in [1.165, 1.54) is 0 Å². The number of hydrogen-bond acceptors (Lipinski definition) is 8. The van der Waals surface area contributed by atoms with E-state index in [1.54, 1.807) is 6.20 Å². The number of nitrogens with two attached hydrogens (primary N) is 1. The van der Waals surface area contributed by atoms with Crippen molar-refractivity contribution in [1.29, 1.82) is 0 Å². The molecule has 196 valence electrons. The number of carboxylic acids is 2. The number of amides is 3. The molecule has 1 aromatic carbocycles. The molecular formula is C22H29N5O7S2. The SMILES string of the molecule is NC(Cc1c[nH]c2ccccc12)C(=O)NC(CS)C(=O)NC(CS)C(=O)NC(CCC(=O)O)C(=O)O. The molecule has 4 atom stereocenters. The Hall–Kier alpha value is -3.23. The Labute approximate surface area is 217 Å². The summed E-state index contributed by atoms with van der Waals surface area (Å²) < 4.78 is 0. The Kier molecular flexibility index (Phi) is 11.1. The Morgan fingerprint density at radius 2 is 1.44 bits per heavy atom. The molecule has 0 saturated carbocycles. The van der Waals surface area contributed by atoms with E-state index in [0.29, 0.717) is 0 Å². The molecule has 0 fully saturated rings. The van der Waals surface area contributed by atoms with Crippen molar-refractivity contribution >= 4 is 65.8 Å². The molecule has 0 spiro atoms. The summed E-state index contributed by atoms with van der Waals surface area (Å²) in [5.41, 5.74) is 7.79. The summed E-state index contributed by atoms with van der Waals surface area (Å²) in [6.07, 6.45) is 1.16. The van der Waals surface area contributed by atoms with Crippen molar-refractivity contribution in [1.82, 2.24) is 20.9 Å². The highest BCUT2D eigenvalue weighted by molar-refractivity contribution is 7.80. The lowest BCUT2D eigenvalue weighted by atomic mass is 10.0. The van der Waals surface area contributed by atoms with Crippen LogP contribution in [0.15, 0.2) is 30.5 Å². The minimum absolute atomic E-state index is 0.103. The van der Waals surface area contributed by atoms with Crippen LogP contribution in [0.5, 0.6) is 0 Å². The van der Waals surface area contributed by atoms with Gasteiger partial charge in [-0.25, -0.2) is 4.79 Å². The minimum Gasteiger partial charge on any atom is -0.481 e. The summed E-state index contributed by atoms with van der Waals surface area (Å²) in [4.78, 5) is 63.0. The molecule has 36 heavy (non-hydrogen) atoms. The number of carboxylic acid groups (broad SMARTS) is 2. The third-order valence-electron chi connectivity index (χ3n) is 5.34. The molecule has 3 amide bonds. The Bertz CT molecular complexity index is 1110. The maximum atomic E-state index is 12.7. The monoisotopic (exact) mass is 539 g/mol. The second kappa shape index (κ2) is 13.8. The zero-order valence-electron chi connectivity index (χ0n) is 19.1. The van der Waals surface area contributed by atoms with Crippen LogP contribution in [0.2, 0.25) is 0 Å². The van der Waals surface area contributed by atoms with Gasteiger partial charge in [-0.15, -0.1) is 0 Å². The Morgan fingerprint density at radius 1 is 0.889 bits per heavy atom. The van der Waals surface area contributed by atoms with E-state index in [9.17, 15) is 29.1 Å². The van der Waals surface area contributed by atoms with E-state index in [2.05, 4.69) is 46.2 Å². The molecule has 0 aliphatic heterocycles. The van der Waals surface area contributed by atoms with E-state index in [4.69, 9.17) is 10.8 Å². The second-order valence-corrected chi connectivity index (χ2v) is 8.72. The number of H-pyrrole nitrogens is 1. The highest BCUT2D eigenvalue weighted by atomic mass is 32.1. The first kappa shape index (κ1) is 29.0. The van der Waals surface area contributed by atoms with Crippen LogP contribution < -0.4 is 21.7 Å². The number of nitrogens with one attached hydrogen (secondary N) is 4. The van der Waals surface area contributed by atoms with Gasteiger partial charge in [0.1, 0.15) is 18.1 Å². The summed E-state index contributed by atoms with van der Waals surface area (Å²) in [6.45, 7) is 0. The third kappa shape index (κ3) is 8.17. The molecule has 2 aromatic rings. The zero-order valence-corrected chi connectivity index (χ0v) is 20.9. The average Bonchev–Trinajstić information content (AvgIpc) is 3.25. The average molecular weight is 540 g/mol. The quantitative estimate of drug-likeness (QED) is 0.140. The number of carbonyl (C=O) groups excluding carboxylic acids is 3. The summed E-state index contributed by atoms with van der Waals surface area (Å²) in [6, 6.07) is 2.73. The van der Waals surface area contributed by atoms with Gasteiger partial charge in [-0.05, 0) is 24.5 Å². The van der Waals surface area contributed by atoms with Gasteiger partial charge in [0.2, 0.25) is 17.7 Å². The molecule has 12 nitrogen and oxygen atoms in total. The predicted molar refractivity (Wildman–Crippen MR) is 138 cm³/mol. The first-order chi connectivity index (χ1) is 17.1. The van der Waals surface area contributed by atoms with Gasteiger partial charge in [0.25, 0.3) is 0 Å². The summed E-state index contributed by atoms with van der Waals surface area (Å²) >= 11 is 8.12. The molecule has 0 saturated heterocycles. The van der Waals surface area contributed by atoms with Crippen molar-refractivity contribution in [3.8, 4) is 0 Å². The van der Waals surface area contributed by atoms with E-state index in [1.807, 2.05) is 24.3 Å². The highest BCUT2D eigenvalue weighted by Gasteiger charge is 2.29. The highest BCUT2D eigenvalue weighted by Crippen LogP contribution is 2.18. The number of aliphatic carboxylic acids is 2. The fourth-order valence-electron chi connectivity index (χ4n) is 3.37. The van der Waals surface area contributed by atoms with Crippen molar-refractivity contribution in [3.63, 3.8) is 0 Å². The number of para-hydroxylation sites is 1. The fraction of sp³-hybridized carbons (Fsp3) is 0.409. The van der Waals surface area contributed by atoms with Gasteiger partial charge >= 0.3 is 11.9 Å². The number of fused-ring (bicyclic) bond motifs is 1. The number of thiol groups is 2. The van der Waals surface area contributed by atoms with Crippen LogP contribution in [0, 0.1) is 0 Å². The summed E-state index contributed by atoms with van der Waals surface area (Å²) in [7, 11) is 0. The summed E-state index contributed by atoms with van der Waals surface area (Å²) in [5.74, 6) is -5.13. The van der Waals surface area contributed by atoms with Crippen molar-refractivity contribution < 1.29 is 34.2 Å². The van der Waals surface area contributed by atoms with Crippen LogP contribution in [-0.2, 0) is 30.4 Å². The van der Waals surface area contributed by atoms with E-state index >= 15 is 0 Å². The first-order valence-corrected chi connectivity index (χ1v) is 12.2. The van der Waals surface area contributed by atoms with Crippen molar-refractivity contribution in [2.75, 3.05) is 11.5 Å². The maximum absolute atomic E-state index is 12.7. The zero-order chi connectivity index (χ0) is 26.8. The van der Waals surface area contributed by atoms with Crippen LogP contribution in [0.25, 0.3) is 10.9 Å². The maximum Gasteiger partial charge on any atom is 0.326 e. The van der Waals surface area contributed by atoms with Crippen LogP contribution in [-0.4, -0.2) is 80.5 Å². The van der Waals surface area contributed by atoms with Crippen LogP contribution >= 0.6 is 25.3 Å². The topological polar surface area (TPSA) is 204 Å². The van der Waals surface area contributed by atoms with Crippen molar-refractivity contribution in [2.45, 2.75) is 43.4 Å². The van der Waals surface area contributed by atoms with Gasteiger partial charge in [0, 0.05) is 35.0 Å². The van der Waals surface area contributed by atoms with Gasteiger partial charge < -0.3 is 36.9 Å². The number of benzene rings is 1. The smallest absolute Gasteiger partial charge is 0.326 e. The standard InChI is InChI=1S/C22H29N5O7S2/c23-13(7-11-8-24-14-4-2-1-3-12(11)14)19(30)26-16(9-35)21(32)27-17(10-36)20(31)25-15(22(33)34)5-6-18(28)29/h1-4,8,13,15-17,24,35-36H,5-7,9-10,23H2,(H,25,31)(H,26,30)(H,27,32)(H,28,29)(H,33,34). The minimum atomic E-state index is -1.46. The largest absolute Gasteiger partial charge is 0.481 e. The van der Waals surface area contributed by atoms with Gasteiger partial charge in [-0.3, -0.25) is 19.2 Å². The van der Waals surface area contributed by atoms with Crippen molar-refractivity contribution in [3.05, 3.63) is 36.0 Å². The lowest BCUT2D eigenvalue weighted by molar-refractivity contribution is -0.143. The van der Waals surface area contributed by atoms with Gasteiger partial charge in [-0.1, -0.05) is 18.2 Å². The van der Waals surface area contributed by atoms with Crippen LogP contribution in [0.1, 0.15) is 18.4 Å². The number of carbonyl (C=O) groups is 5. The van der Waals surface area contributed by atoms with Crippen LogP contribution in [0.4, 0.5) is 0 Å². The molecule has 1 heterocycles. The first-order valence-electron chi connectivity index (χ1n) is 10.9. The molecule has 0 bridgehead atoms. The summed E-state index contributed by atoms with van der Waals surface area (Å²) in [5, 5.41) is 26.0. The normalized spacial score (nSPS) is 14.3. The lowest BCUT2D eigenvalue weighted by Gasteiger charge is -2.23. The molecule has 0 radical (unpaired) electrons. The molecule has 8 N–H and O–H groups in total. The number of aromatic nitrogens is 1. The van der Waals surface area contributed by atoms with E-state index in [-0.39, 0.29) is 24.3 Å². The van der Waals surface area contributed by atoms with E-state index in [0.717, 1.165) is 16.5 Å². The molecule has 4 unspecified atom stereocenters. The molecule has 2 rings (SSSR count). The number of aromatic amines is 1. The second-order valence-electron chi connectivity index (χ2n) is 7.99. The van der Waals surface area contributed by atoms with Gasteiger partial charge in [0.05, 0.1) is 6.04 Å². The van der Waals surface area contributed by atoms with Gasteiger partial charge in [0.15, 0.2) is 0 Å². The fourth-order valence-corrected chi connectivity index (χ4v) is 3.88. The third-order valence-corrected chi connectivity index (χ3v) is 6.07. The lowest BCUT2D eigenvalue weighted by Crippen LogP contribution is -2.58. The molecule has 0 aliphatic rings. The van der Waals surface area contributed by atoms with Crippen LogP contribution in [0.3, 0.4) is 0 Å². The van der Waals surface area contributed by atoms with Crippen molar-refractivity contribution in [2.24, 2.45) is 5.73 Å². The molecule has 0 aliphatic carbocycles. The molecule has 14 heteroatoms. The Morgan fingerprint density at radius 3 is 2.00 bits per heavy atom. The Balaban J connectivity index is 1.96. The predicted octanol–water partition coefficient (Wildman–Crippen LogP) is -0.699. The van der Waals surface area contributed by atoms with Gasteiger partial charge in [-0.2, -0.15) is 25.3 Å². The number of rotatable bonds is 14. The molecule has 1 aromatic heterocycles. The number of hydrogen-bond donors (Lipinski definition) is 9. The molecular weight excluding hydrogens is 510 g/mol. The van der Waals surface area contributed by atoms with E-state index < -0.39 is 60.2 Å².